The Bertz CT molecular complexity index is 1280. The third kappa shape index (κ3) is 5.44. The average Bonchev–Trinajstić information content (AvgIpc) is 3.53. The minimum absolute atomic E-state index is 0.00153. The van der Waals surface area contributed by atoms with Crippen LogP contribution in [0.25, 0.3) is 16.6 Å². The molecule has 6 nitrogen and oxygen atoms in total. The summed E-state index contributed by atoms with van der Waals surface area (Å²) in [6.07, 6.45) is 2.10. The van der Waals surface area contributed by atoms with E-state index >= 15 is 0 Å². The molecular weight excluding hydrogens is 472 g/mol. The molecule has 2 aromatic carbocycles. The SMILES string of the molecule is F[C@H]1CN(CCCc2c[nH]c3ccc(-n4cnnc4)cc23)CC[C@H]1NCc1ccccc1C(F)(F)F. The third-order valence-electron chi connectivity index (χ3n) is 6.89. The molecule has 5 rings (SSSR count). The number of nitrogens with zero attached hydrogens (tertiary/aromatic N) is 4. The molecule has 10 heteroatoms. The first-order chi connectivity index (χ1) is 17.4. The Morgan fingerprint density at radius 2 is 1.86 bits per heavy atom. The van der Waals surface area contributed by atoms with Crippen LogP contribution in [0.5, 0.6) is 0 Å². The van der Waals surface area contributed by atoms with Crippen molar-refractivity contribution >= 4 is 10.9 Å². The summed E-state index contributed by atoms with van der Waals surface area (Å²) in [5.74, 6) is 0. The number of rotatable bonds is 8. The molecule has 2 atom stereocenters. The summed E-state index contributed by atoms with van der Waals surface area (Å²) in [4.78, 5) is 5.41. The molecule has 1 saturated heterocycles. The van der Waals surface area contributed by atoms with Gasteiger partial charge in [-0.25, -0.2) is 4.39 Å². The monoisotopic (exact) mass is 500 g/mol. The maximum atomic E-state index is 14.9. The summed E-state index contributed by atoms with van der Waals surface area (Å²) in [7, 11) is 0. The second-order valence-electron chi connectivity index (χ2n) is 9.26. The second-order valence-corrected chi connectivity index (χ2v) is 9.26. The Balaban J connectivity index is 1.12. The molecule has 0 unspecified atom stereocenters. The largest absolute Gasteiger partial charge is 0.416 e. The van der Waals surface area contributed by atoms with Crippen LogP contribution in [0.15, 0.2) is 61.3 Å². The predicted molar refractivity (Wildman–Crippen MR) is 130 cm³/mol. The number of aryl methyl sites for hydroxylation is 1. The van der Waals surface area contributed by atoms with E-state index < -0.39 is 24.0 Å². The van der Waals surface area contributed by atoms with Crippen molar-refractivity contribution < 1.29 is 17.6 Å². The molecule has 0 bridgehead atoms. The van der Waals surface area contributed by atoms with Gasteiger partial charge in [0.15, 0.2) is 0 Å². The molecule has 36 heavy (non-hydrogen) atoms. The van der Waals surface area contributed by atoms with E-state index in [0.29, 0.717) is 13.0 Å². The number of halogens is 4. The summed E-state index contributed by atoms with van der Waals surface area (Å²) < 4.78 is 56.4. The van der Waals surface area contributed by atoms with Gasteiger partial charge in [0.1, 0.15) is 18.8 Å². The number of aromatic nitrogens is 4. The van der Waals surface area contributed by atoms with Crippen molar-refractivity contribution in [2.45, 2.75) is 44.2 Å². The summed E-state index contributed by atoms with van der Waals surface area (Å²) >= 11 is 0. The maximum Gasteiger partial charge on any atom is 0.416 e. The highest BCUT2D eigenvalue weighted by Crippen LogP contribution is 2.32. The summed E-state index contributed by atoms with van der Waals surface area (Å²) in [6, 6.07) is 11.2. The van der Waals surface area contributed by atoms with Crippen molar-refractivity contribution in [1.29, 1.82) is 0 Å². The molecule has 4 aromatic rings. The van der Waals surface area contributed by atoms with Crippen LogP contribution in [0.2, 0.25) is 0 Å². The predicted octanol–water partition coefficient (Wildman–Crippen LogP) is 4.90. The molecule has 0 aliphatic carbocycles. The van der Waals surface area contributed by atoms with Crippen molar-refractivity contribution in [3.05, 3.63) is 78.0 Å². The van der Waals surface area contributed by atoms with Crippen molar-refractivity contribution in [2.24, 2.45) is 0 Å². The van der Waals surface area contributed by atoms with Gasteiger partial charge in [-0.15, -0.1) is 10.2 Å². The van der Waals surface area contributed by atoms with Crippen LogP contribution in [0.3, 0.4) is 0 Å². The zero-order valence-electron chi connectivity index (χ0n) is 19.7. The number of piperidine rings is 1. The van der Waals surface area contributed by atoms with Gasteiger partial charge in [0.05, 0.1) is 5.56 Å². The minimum atomic E-state index is -4.42. The van der Waals surface area contributed by atoms with E-state index in [1.165, 1.54) is 17.7 Å². The fourth-order valence-corrected chi connectivity index (χ4v) is 4.95. The third-order valence-corrected chi connectivity index (χ3v) is 6.89. The molecule has 1 aliphatic heterocycles. The fourth-order valence-electron chi connectivity index (χ4n) is 4.95. The fraction of sp³-hybridized carbons (Fsp3) is 0.385. The summed E-state index contributed by atoms with van der Waals surface area (Å²) in [5, 5.41) is 11.9. The summed E-state index contributed by atoms with van der Waals surface area (Å²) in [6.45, 7) is 1.76. The highest BCUT2D eigenvalue weighted by Gasteiger charge is 2.34. The molecule has 2 aromatic heterocycles. The van der Waals surface area contributed by atoms with Gasteiger partial charge < -0.3 is 15.2 Å². The zero-order chi connectivity index (χ0) is 25.1. The van der Waals surface area contributed by atoms with Crippen molar-refractivity contribution in [1.82, 2.24) is 30.0 Å². The van der Waals surface area contributed by atoms with Gasteiger partial charge in [-0.3, -0.25) is 4.57 Å². The Labute approximate surface area is 206 Å². The topological polar surface area (TPSA) is 61.8 Å². The Morgan fingerprint density at radius 3 is 2.64 bits per heavy atom. The molecule has 0 amide bonds. The average molecular weight is 501 g/mol. The quantitative estimate of drug-likeness (QED) is 0.338. The first kappa shape index (κ1) is 24.5. The van der Waals surface area contributed by atoms with Crippen molar-refractivity contribution in [3.8, 4) is 5.69 Å². The second kappa shape index (κ2) is 10.4. The number of likely N-dealkylation sites (tertiary alicyclic amines) is 1. The number of nitrogens with one attached hydrogen (secondary N) is 2. The van der Waals surface area contributed by atoms with Crippen LogP contribution >= 0.6 is 0 Å². The van der Waals surface area contributed by atoms with Gasteiger partial charge in [0.2, 0.25) is 0 Å². The van der Waals surface area contributed by atoms with Crippen LogP contribution < -0.4 is 5.32 Å². The van der Waals surface area contributed by atoms with E-state index in [4.69, 9.17) is 0 Å². The molecule has 0 radical (unpaired) electrons. The lowest BCUT2D eigenvalue weighted by Gasteiger charge is -2.35. The van der Waals surface area contributed by atoms with Gasteiger partial charge in [-0.2, -0.15) is 13.2 Å². The minimum Gasteiger partial charge on any atom is -0.361 e. The smallest absolute Gasteiger partial charge is 0.361 e. The number of H-pyrrole nitrogens is 1. The van der Waals surface area contributed by atoms with Gasteiger partial charge >= 0.3 is 6.18 Å². The van der Waals surface area contributed by atoms with Crippen molar-refractivity contribution in [3.63, 3.8) is 0 Å². The molecule has 1 fully saturated rings. The van der Waals surface area contributed by atoms with Crippen molar-refractivity contribution in [2.75, 3.05) is 19.6 Å². The molecule has 0 saturated carbocycles. The van der Waals surface area contributed by atoms with Gasteiger partial charge in [0, 0.05) is 41.9 Å². The Morgan fingerprint density at radius 1 is 1.06 bits per heavy atom. The highest BCUT2D eigenvalue weighted by molar-refractivity contribution is 5.85. The number of hydrogen-bond acceptors (Lipinski definition) is 4. The van der Waals surface area contributed by atoms with Crippen LogP contribution in [0.4, 0.5) is 17.6 Å². The molecular formula is C26H28F4N6. The first-order valence-corrected chi connectivity index (χ1v) is 12.1. The zero-order valence-corrected chi connectivity index (χ0v) is 19.7. The van der Waals surface area contributed by atoms with E-state index in [0.717, 1.165) is 42.0 Å². The lowest BCUT2D eigenvalue weighted by atomic mass is 10.0. The molecule has 1 aliphatic rings. The van der Waals surface area contributed by atoms with E-state index in [9.17, 15) is 17.6 Å². The first-order valence-electron chi connectivity index (χ1n) is 12.1. The number of benzene rings is 2. The van der Waals surface area contributed by atoms with Gasteiger partial charge in [-0.1, -0.05) is 18.2 Å². The van der Waals surface area contributed by atoms with Crippen LogP contribution in [0, 0.1) is 0 Å². The normalized spacial score (nSPS) is 19.2. The van der Waals surface area contributed by atoms with Crippen LogP contribution in [-0.2, 0) is 19.1 Å². The number of alkyl halides is 4. The highest BCUT2D eigenvalue weighted by atomic mass is 19.4. The molecule has 2 N–H and O–H groups in total. The van der Waals surface area contributed by atoms with Crippen LogP contribution in [0.1, 0.15) is 29.5 Å². The van der Waals surface area contributed by atoms with E-state index in [1.807, 2.05) is 22.9 Å². The molecule has 190 valence electrons. The number of fused-ring (bicyclic) bond motifs is 1. The van der Waals surface area contributed by atoms with Gasteiger partial charge in [-0.05, 0) is 67.7 Å². The standard InChI is InChI=1S/C26H28F4N6/c27-23-15-35(11-9-25(23)32-14-19-4-1-2-6-22(19)26(28,29)30)10-3-5-18-13-31-24-8-7-20(12-21(18)24)36-16-33-34-17-36/h1-2,4,6-8,12-13,16-17,23,25,31-32H,3,5,9-11,14-15H2/t23-,25+/m0/s1. The lowest BCUT2D eigenvalue weighted by molar-refractivity contribution is -0.138. The van der Waals surface area contributed by atoms with Gasteiger partial charge in [0.25, 0.3) is 0 Å². The molecule has 3 heterocycles. The van der Waals surface area contributed by atoms with Crippen LogP contribution in [-0.4, -0.2) is 56.5 Å². The van der Waals surface area contributed by atoms with E-state index in [2.05, 4.69) is 31.5 Å². The Kier molecular flexibility index (Phi) is 7.06. The van der Waals surface area contributed by atoms with E-state index in [-0.39, 0.29) is 18.7 Å². The lowest BCUT2D eigenvalue weighted by Crippen LogP contribution is -2.50. The summed E-state index contributed by atoms with van der Waals surface area (Å²) in [5.41, 5.74) is 2.73. The van der Waals surface area contributed by atoms with E-state index in [1.54, 1.807) is 18.7 Å². The number of aromatic amines is 1. The Hall–Kier alpha value is -3.24. The maximum absolute atomic E-state index is 14.9. The molecule has 0 spiro atoms. The number of hydrogen-bond donors (Lipinski definition) is 2.